The Morgan fingerprint density at radius 3 is 2.71 bits per heavy atom. The molecule has 3 heterocycles. The highest BCUT2D eigenvalue weighted by atomic mass is 32.1. The van der Waals surface area contributed by atoms with Gasteiger partial charge < -0.3 is 10.2 Å². The summed E-state index contributed by atoms with van der Waals surface area (Å²) in [7, 11) is 0. The van der Waals surface area contributed by atoms with Crippen LogP contribution in [0.15, 0.2) is 36.4 Å². The topological polar surface area (TPSA) is 93.9 Å². The molecule has 0 radical (unpaired) electrons. The minimum absolute atomic E-state index is 0.145. The molecule has 1 aromatic carbocycles. The molecule has 1 atom stereocenters. The van der Waals surface area contributed by atoms with Gasteiger partial charge in [0.15, 0.2) is 5.13 Å². The van der Waals surface area contributed by atoms with Crippen molar-refractivity contribution >= 4 is 22.5 Å². The molecule has 1 fully saturated rings. The monoisotopic (exact) mass is 432 g/mol. The van der Waals surface area contributed by atoms with Crippen LogP contribution in [-0.4, -0.2) is 46.6 Å². The summed E-state index contributed by atoms with van der Waals surface area (Å²) in [5, 5.41) is 16.2. The molecule has 31 heavy (non-hydrogen) atoms. The predicted molar refractivity (Wildman–Crippen MR) is 123 cm³/mol. The Kier molecular flexibility index (Phi) is 5.98. The predicted octanol–water partition coefficient (Wildman–Crippen LogP) is 4.19. The van der Waals surface area contributed by atoms with Gasteiger partial charge in [-0.3, -0.25) is 10.3 Å². The molecule has 0 saturated carbocycles. The Balaban J connectivity index is 1.73. The average Bonchev–Trinajstić information content (AvgIpc) is 3.17. The van der Waals surface area contributed by atoms with E-state index in [1.54, 1.807) is 11.0 Å². The first-order chi connectivity index (χ1) is 14.9. The number of thiazole rings is 1. The van der Waals surface area contributed by atoms with E-state index in [4.69, 9.17) is 4.98 Å². The number of amides is 2. The first-order valence-electron chi connectivity index (χ1n) is 10.2. The first-order valence-corrected chi connectivity index (χ1v) is 11.0. The second-order valence-corrected chi connectivity index (χ2v) is 8.76. The van der Waals surface area contributed by atoms with E-state index in [0.717, 1.165) is 39.6 Å². The van der Waals surface area contributed by atoms with Crippen LogP contribution in [0.25, 0.3) is 21.7 Å². The maximum absolute atomic E-state index is 12.8. The zero-order chi connectivity index (χ0) is 22.0. The lowest BCUT2D eigenvalue weighted by Gasteiger charge is -2.31. The lowest BCUT2D eigenvalue weighted by molar-refractivity contribution is 0.192. The third-order valence-electron chi connectivity index (χ3n) is 5.11. The van der Waals surface area contributed by atoms with Crippen LogP contribution in [0.2, 0.25) is 0 Å². The second-order valence-electron chi connectivity index (χ2n) is 7.76. The van der Waals surface area contributed by atoms with Crippen molar-refractivity contribution in [2.45, 2.75) is 26.8 Å². The number of anilines is 1. The standard InChI is InChI=1S/C23H24N6OS/c1-14-9-19(10-15(2)26-14)21-20(18-6-4-5-17(11-18)12-24)27-22(31-21)28-23(30)29-8-7-25-16(3)13-29/h4-6,9-11,16,25H,7-8,13H2,1-3H3,(H,27,28,30)/t16-/m0/s1. The molecular weight excluding hydrogens is 408 g/mol. The Morgan fingerprint density at radius 1 is 1.23 bits per heavy atom. The maximum atomic E-state index is 12.8. The van der Waals surface area contributed by atoms with Crippen molar-refractivity contribution in [3.63, 3.8) is 0 Å². The van der Waals surface area contributed by atoms with Gasteiger partial charge in [0.05, 0.1) is 22.2 Å². The van der Waals surface area contributed by atoms with Crippen molar-refractivity contribution in [1.29, 1.82) is 5.26 Å². The average molecular weight is 433 g/mol. The molecule has 8 heteroatoms. The minimum Gasteiger partial charge on any atom is -0.322 e. The van der Waals surface area contributed by atoms with E-state index in [0.29, 0.717) is 23.8 Å². The van der Waals surface area contributed by atoms with Gasteiger partial charge in [0, 0.05) is 42.6 Å². The van der Waals surface area contributed by atoms with Crippen LogP contribution >= 0.6 is 11.3 Å². The molecule has 1 aliphatic rings. The molecule has 1 saturated heterocycles. The van der Waals surface area contributed by atoms with Crippen molar-refractivity contribution in [1.82, 2.24) is 20.2 Å². The number of rotatable bonds is 3. The number of nitriles is 1. The number of piperazine rings is 1. The summed E-state index contributed by atoms with van der Waals surface area (Å²) in [6.45, 7) is 8.08. The Morgan fingerprint density at radius 2 is 2.00 bits per heavy atom. The van der Waals surface area contributed by atoms with E-state index in [1.807, 2.05) is 44.2 Å². The van der Waals surface area contributed by atoms with Gasteiger partial charge in [0.2, 0.25) is 0 Å². The highest BCUT2D eigenvalue weighted by molar-refractivity contribution is 7.19. The molecule has 2 aromatic heterocycles. The van der Waals surface area contributed by atoms with Crippen LogP contribution in [0.1, 0.15) is 23.9 Å². The number of carbonyl (C=O) groups excluding carboxylic acids is 1. The number of urea groups is 1. The summed E-state index contributed by atoms with van der Waals surface area (Å²) < 4.78 is 0. The maximum Gasteiger partial charge on any atom is 0.323 e. The van der Waals surface area contributed by atoms with E-state index in [-0.39, 0.29) is 12.1 Å². The molecule has 4 rings (SSSR count). The zero-order valence-corrected chi connectivity index (χ0v) is 18.6. The summed E-state index contributed by atoms with van der Waals surface area (Å²) in [5.41, 5.74) is 4.99. The van der Waals surface area contributed by atoms with Crippen molar-refractivity contribution in [2.24, 2.45) is 0 Å². The Labute approximate surface area is 185 Å². The van der Waals surface area contributed by atoms with Gasteiger partial charge in [0.25, 0.3) is 0 Å². The summed E-state index contributed by atoms with van der Waals surface area (Å²) >= 11 is 1.44. The quantitative estimate of drug-likeness (QED) is 0.647. The minimum atomic E-state index is -0.145. The van der Waals surface area contributed by atoms with E-state index < -0.39 is 0 Å². The van der Waals surface area contributed by atoms with Crippen LogP contribution in [0.3, 0.4) is 0 Å². The number of carbonyl (C=O) groups is 1. The fourth-order valence-electron chi connectivity index (χ4n) is 3.75. The number of nitrogens with one attached hydrogen (secondary N) is 2. The summed E-state index contributed by atoms with van der Waals surface area (Å²) in [5.74, 6) is 0. The van der Waals surface area contributed by atoms with Gasteiger partial charge in [0.1, 0.15) is 0 Å². The van der Waals surface area contributed by atoms with E-state index >= 15 is 0 Å². The number of aryl methyl sites for hydroxylation is 2. The lowest BCUT2D eigenvalue weighted by atomic mass is 10.0. The summed E-state index contributed by atoms with van der Waals surface area (Å²) in [6.07, 6.45) is 0. The number of aromatic nitrogens is 2. The number of hydrogen-bond acceptors (Lipinski definition) is 6. The fourth-order valence-corrected chi connectivity index (χ4v) is 4.72. The van der Waals surface area contributed by atoms with Gasteiger partial charge in [-0.05, 0) is 50.6 Å². The van der Waals surface area contributed by atoms with Crippen LogP contribution in [0, 0.1) is 25.2 Å². The second kappa shape index (κ2) is 8.84. The molecule has 2 amide bonds. The highest BCUT2D eigenvalue weighted by Crippen LogP contribution is 2.39. The number of benzene rings is 1. The van der Waals surface area contributed by atoms with Crippen molar-refractivity contribution in [2.75, 3.05) is 25.0 Å². The molecule has 7 nitrogen and oxygen atoms in total. The lowest BCUT2D eigenvalue weighted by Crippen LogP contribution is -2.52. The largest absolute Gasteiger partial charge is 0.323 e. The number of pyridine rings is 1. The number of nitrogens with zero attached hydrogens (tertiary/aromatic N) is 4. The molecule has 158 valence electrons. The third-order valence-corrected chi connectivity index (χ3v) is 6.13. The van der Waals surface area contributed by atoms with Gasteiger partial charge in [-0.1, -0.05) is 23.5 Å². The van der Waals surface area contributed by atoms with Gasteiger partial charge >= 0.3 is 6.03 Å². The zero-order valence-electron chi connectivity index (χ0n) is 17.8. The molecule has 3 aromatic rings. The first kappa shape index (κ1) is 21.0. The fraction of sp³-hybridized carbons (Fsp3) is 0.304. The van der Waals surface area contributed by atoms with E-state index in [2.05, 4.69) is 28.6 Å². The smallest absolute Gasteiger partial charge is 0.322 e. The molecular formula is C23H24N6OS. The van der Waals surface area contributed by atoms with Crippen molar-refractivity contribution < 1.29 is 4.79 Å². The Bertz CT molecular complexity index is 1140. The number of hydrogen-bond donors (Lipinski definition) is 2. The van der Waals surface area contributed by atoms with Crippen LogP contribution in [0.5, 0.6) is 0 Å². The van der Waals surface area contributed by atoms with Crippen LogP contribution in [0.4, 0.5) is 9.93 Å². The van der Waals surface area contributed by atoms with E-state index in [1.165, 1.54) is 11.3 Å². The van der Waals surface area contributed by atoms with Crippen molar-refractivity contribution in [3.05, 3.63) is 53.3 Å². The Hall–Kier alpha value is -3.28. The molecule has 0 aliphatic carbocycles. The normalized spacial score (nSPS) is 16.1. The van der Waals surface area contributed by atoms with Gasteiger partial charge in [-0.25, -0.2) is 9.78 Å². The summed E-state index contributed by atoms with van der Waals surface area (Å²) in [4.78, 5) is 24.8. The van der Waals surface area contributed by atoms with Gasteiger partial charge in [-0.2, -0.15) is 5.26 Å². The van der Waals surface area contributed by atoms with Crippen LogP contribution < -0.4 is 10.6 Å². The third kappa shape index (κ3) is 4.74. The van der Waals surface area contributed by atoms with Crippen molar-refractivity contribution in [3.8, 4) is 27.8 Å². The molecule has 2 N–H and O–H groups in total. The van der Waals surface area contributed by atoms with E-state index in [9.17, 15) is 10.1 Å². The highest BCUT2D eigenvalue weighted by Gasteiger charge is 2.23. The van der Waals surface area contributed by atoms with Gasteiger partial charge in [-0.15, -0.1) is 0 Å². The SMILES string of the molecule is Cc1cc(-c2sc(NC(=O)N3CCN[C@@H](C)C3)nc2-c2cccc(C#N)c2)cc(C)n1. The van der Waals surface area contributed by atoms with Crippen LogP contribution in [-0.2, 0) is 0 Å². The molecule has 0 spiro atoms. The molecule has 1 aliphatic heterocycles. The summed E-state index contributed by atoms with van der Waals surface area (Å²) in [6, 6.07) is 13.7. The molecule has 0 bridgehead atoms. The molecule has 0 unspecified atom stereocenters.